The fourth-order valence-electron chi connectivity index (χ4n) is 5.32. The van der Waals surface area contributed by atoms with Crippen LogP contribution >= 0.6 is 0 Å². The van der Waals surface area contributed by atoms with Gasteiger partial charge in [-0.2, -0.15) is 5.70 Å². The van der Waals surface area contributed by atoms with Gasteiger partial charge in [-0.05, 0) is 56.8 Å². The quantitative estimate of drug-likeness (QED) is 0.108. The molecule has 52 heavy (non-hydrogen) atoms. The third kappa shape index (κ3) is 16.9. The summed E-state index contributed by atoms with van der Waals surface area (Å²) in [6.45, 7) is 23.4. The molecule has 0 bridgehead atoms. The van der Waals surface area contributed by atoms with Crippen LogP contribution in [-0.4, -0.2) is 37.8 Å². The molecule has 6 nitrogen and oxygen atoms in total. The van der Waals surface area contributed by atoms with Gasteiger partial charge in [-0.25, -0.2) is 0 Å². The van der Waals surface area contributed by atoms with Crippen LogP contribution in [0.1, 0.15) is 115 Å². The van der Waals surface area contributed by atoms with Gasteiger partial charge in [-0.3, -0.25) is 4.99 Å². The minimum Gasteiger partial charge on any atom is -0.698 e. The van der Waals surface area contributed by atoms with Crippen molar-refractivity contribution in [1.82, 2.24) is 4.90 Å². The first-order chi connectivity index (χ1) is 24.2. The second-order valence-electron chi connectivity index (χ2n) is 14.4. The Morgan fingerprint density at radius 3 is 1.56 bits per heavy atom. The van der Waals surface area contributed by atoms with Gasteiger partial charge in [-0.15, -0.1) is 17.1 Å². The van der Waals surface area contributed by atoms with Crippen LogP contribution in [0.5, 0.6) is 0 Å². The number of benzene rings is 4. The van der Waals surface area contributed by atoms with Crippen LogP contribution in [0.15, 0.2) is 114 Å². The van der Waals surface area contributed by atoms with Crippen molar-refractivity contribution in [2.24, 2.45) is 4.99 Å². The summed E-state index contributed by atoms with van der Waals surface area (Å²) in [6, 6.07) is 32.4. The SMILES string of the molecule is CC(/C=C(/C)[N-]c1c(C(C)C)cccc1C(C)C)=NCCN(C)C.CC(C)c1cccc(C(C)C)c1[NH-].[Y+3].c1ccc([N-]Nc2ccccc2)cc1. The molecule has 4 aromatic rings. The second kappa shape index (κ2) is 24.7. The van der Waals surface area contributed by atoms with Gasteiger partial charge >= 0.3 is 32.7 Å². The number of nitrogens with zero attached hydrogens (tertiary/aromatic N) is 4. The number of anilines is 1. The number of hydrogen-bond acceptors (Lipinski definition) is 3. The Balaban J connectivity index is 0.000000412. The maximum Gasteiger partial charge on any atom is 3.00 e. The van der Waals surface area contributed by atoms with E-state index in [1.54, 1.807) is 0 Å². The molecule has 4 rings (SSSR count). The zero-order valence-electron chi connectivity index (χ0n) is 33.9. The molecule has 0 radical (unpaired) electrons. The van der Waals surface area contributed by atoms with Crippen molar-refractivity contribution >= 4 is 28.5 Å². The van der Waals surface area contributed by atoms with E-state index in [0.717, 1.165) is 58.4 Å². The molecule has 0 saturated heterocycles. The predicted octanol–water partition coefficient (Wildman–Crippen LogP) is 14.2. The van der Waals surface area contributed by atoms with E-state index in [1.165, 1.54) is 11.1 Å². The van der Waals surface area contributed by atoms with Crippen LogP contribution in [0.25, 0.3) is 16.5 Å². The molecule has 0 aliphatic carbocycles. The average Bonchev–Trinajstić information content (AvgIpc) is 3.08. The Hall–Kier alpha value is -3.45. The van der Waals surface area contributed by atoms with E-state index in [-0.39, 0.29) is 32.7 Å². The monoisotopic (exact) mass is 776 g/mol. The Bertz CT molecular complexity index is 1530. The summed E-state index contributed by atoms with van der Waals surface area (Å²) >= 11 is 0. The van der Waals surface area contributed by atoms with Crippen LogP contribution < -0.4 is 5.43 Å². The summed E-state index contributed by atoms with van der Waals surface area (Å²) in [4.78, 5) is 6.74. The van der Waals surface area contributed by atoms with E-state index in [1.807, 2.05) is 67.6 Å². The molecule has 0 atom stereocenters. The molecule has 4 aromatic carbocycles. The van der Waals surface area contributed by atoms with Crippen molar-refractivity contribution in [3.05, 3.63) is 148 Å². The van der Waals surface area contributed by atoms with E-state index < -0.39 is 0 Å². The molecule has 0 saturated carbocycles. The molecule has 0 heterocycles. The minimum atomic E-state index is 0. The molecule has 0 aliphatic rings. The Kier molecular flexibility index (Phi) is 22.2. The summed E-state index contributed by atoms with van der Waals surface area (Å²) in [5.74, 6) is 1.83. The van der Waals surface area contributed by atoms with Gasteiger partial charge < -0.3 is 26.8 Å². The summed E-state index contributed by atoms with van der Waals surface area (Å²) in [5, 5.41) is 4.95. The topological polar surface area (TPSA) is 79.6 Å². The predicted molar refractivity (Wildman–Crippen MR) is 226 cm³/mol. The van der Waals surface area contributed by atoms with Crippen molar-refractivity contribution < 1.29 is 32.7 Å². The summed E-state index contributed by atoms with van der Waals surface area (Å²) < 4.78 is 0. The van der Waals surface area contributed by atoms with E-state index in [4.69, 9.17) is 11.1 Å². The first kappa shape index (κ1) is 46.6. The summed E-state index contributed by atoms with van der Waals surface area (Å²) in [7, 11) is 4.13. The average molecular weight is 777 g/mol. The van der Waals surface area contributed by atoms with Crippen LogP contribution in [-0.2, 0) is 32.7 Å². The van der Waals surface area contributed by atoms with Crippen LogP contribution in [0.3, 0.4) is 0 Å². The summed E-state index contributed by atoms with van der Waals surface area (Å²) in [5.41, 5.74) is 26.0. The zero-order valence-corrected chi connectivity index (χ0v) is 36.7. The van der Waals surface area contributed by atoms with E-state index >= 15 is 0 Å². The molecular formula is C45H63N6Y. The second-order valence-corrected chi connectivity index (χ2v) is 14.4. The molecule has 7 heteroatoms. The van der Waals surface area contributed by atoms with Gasteiger partial charge in [0.15, 0.2) is 0 Å². The molecular weight excluding hydrogens is 713 g/mol. The van der Waals surface area contributed by atoms with E-state index in [9.17, 15) is 0 Å². The number of rotatable bonds is 13. The smallest absolute Gasteiger partial charge is 0.698 e. The summed E-state index contributed by atoms with van der Waals surface area (Å²) in [6.07, 6.45) is 2.08. The maximum absolute atomic E-state index is 8.01. The number of aliphatic imine (C=N–C) groups is 1. The third-order valence-electron chi connectivity index (χ3n) is 8.17. The molecule has 276 valence electrons. The van der Waals surface area contributed by atoms with Crippen molar-refractivity contribution in [2.75, 3.05) is 32.6 Å². The number of likely N-dealkylation sites (N-methyl/N-ethyl adjacent to an activating group) is 1. The maximum atomic E-state index is 8.01. The molecule has 2 N–H and O–H groups in total. The largest absolute Gasteiger partial charge is 3.00 e. The number of allylic oxidation sites excluding steroid dienone is 2. The van der Waals surface area contributed by atoms with Crippen LogP contribution in [0.2, 0.25) is 0 Å². The van der Waals surface area contributed by atoms with Crippen LogP contribution in [0, 0.1) is 0 Å². The van der Waals surface area contributed by atoms with Crippen molar-refractivity contribution in [1.29, 1.82) is 0 Å². The Labute approximate surface area is 342 Å². The first-order valence-electron chi connectivity index (χ1n) is 18.3. The normalized spacial score (nSPS) is 11.5. The van der Waals surface area contributed by atoms with Crippen molar-refractivity contribution in [3.8, 4) is 0 Å². The van der Waals surface area contributed by atoms with E-state index in [2.05, 4.69) is 140 Å². The molecule has 0 aromatic heterocycles. The fraction of sp³-hybridized carbons (Fsp3) is 0.400. The molecule has 0 amide bonds. The molecule has 0 aliphatic heterocycles. The van der Waals surface area contributed by atoms with Crippen LogP contribution in [0.4, 0.5) is 22.7 Å². The first-order valence-corrected chi connectivity index (χ1v) is 18.3. The minimum absolute atomic E-state index is 0. The van der Waals surface area contributed by atoms with E-state index in [0.29, 0.717) is 23.7 Å². The fourth-order valence-corrected chi connectivity index (χ4v) is 5.32. The number of nitrogens with one attached hydrogen (secondary N) is 2. The van der Waals surface area contributed by atoms with Gasteiger partial charge in [0.25, 0.3) is 0 Å². The van der Waals surface area contributed by atoms with Gasteiger partial charge in [0, 0.05) is 17.9 Å². The zero-order chi connectivity index (χ0) is 37.9. The molecule has 0 unspecified atom stereocenters. The van der Waals surface area contributed by atoms with Gasteiger partial charge in [0.1, 0.15) is 0 Å². The third-order valence-corrected chi connectivity index (χ3v) is 8.17. The van der Waals surface area contributed by atoms with Gasteiger partial charge in [0.05, 0.1) is 6.54 Å². The van der Waals surface area contributed by atoms with Gasteiger partial charge in [0.2, 0.25) is 0 Å². The van der Waals surface area contributed by atoms with Gasteiger partial charge in [-0.1, -0.05) is 176 Å². The number of para-hydroxylation sites is 3. The molecule has 0 spiro atoms. The Morgan fingerprint density at radius 2 is 1.12 bits per heavy atom. The number of hydrogen-bond donors (Lipinski definition) is 1. The standard InChI is InChI=1S/C21H34N3.C12H11N2.C12H18N.Y/c1-15(2)19-10-9-11-20(16(3)4)21(19)23-18(6)14-17(5)22-12-13-24(7)8;1-3-7-11(8-4-1)13-14-12-9-5-2-6-10-12;1-8(2)10-6-5-7-11(9(3)4)12(10)13;/h9-11,14-16H,12-13H2,1-8H3;1-10,13H;5-9,13H,1-4H3;/q3*-1;+3/b18-14-,22-17?;;;. The van der Waals surface area contributed by atoms with Crippen molar-refractivity contribution in [3.63, 3.8) is 0 Å². The molecule has 0 fully saturated rings. The van der Waals surface area contributed by atoms with Crippen molar-refractivity contribution in [2.45, 2.75) is 92.9 Å². The Morgan fingerprint density at radius 1 is 0.673 bits per heavy atom.